The van der Waals surface area contributed by atoms with E-state index in [2.05, 4.69) is 25.1 Å². The number of benzene rings is 1. The summed E-state index contributed by atoms with van der Waals surface area (Å²) in [5.74, 6) is 2.47. The van der Waals surface area contributed by atoms with Crippen LogP contribution in [0.3, 0.4) is 0 Å². The Bertz CT molecular complexity index is 698. The van der Waals surface area contributed by atoms with E-state index in [9.17, 15) is 0 Å². The molecule has 3 rings (SSSR count). The Balaban J connectivity index is 1.38. The molecule has 138 valence electrons. The summed E-state index contributed by atoms with van der Waals surface area (Å²) in [4.78, 5) is 6.94. The lowest BCUT2D eigenvalue weighted by Gasteiger charge is -2.32. The van der Waals surface area contributed by atoms with Gasteiger partial charge in [0.25, 0.3) is 0 Å². The first-order valence-corrected chi connectivity index (χ1v) is 9.16. The average molecular weight is 375 g/mol. The van der Waals surface area contributed by atoms with Crippen molar-refractivity contribution in [2.75, 3.05) is 31.7 Å². The van der Waals surface area contributed by atoms with Gasteiger partial charge in [0.1, 0.15) is 12.9 Å². The molecule has 1 aromatic carbocycles. The van der Waals surface area contributed by atoms with Crippen LogP contribution < -0.4 is 9.64 Å². The molecule has 0 spiro atoms. The Kier molecular flexibility index (Phi) is 6.66. The molecule has 1 aromatic heterocycles. The van der Waals surface area contributed by atoms with Crippen molar-refractivity contribution < 1.29 is 9.57 Å². The van der Waals surface area contributed by atoms with Crippen LogP contribution in [0.25, 0.3) is 0 Å². The highest BCUT2D eigenvalue weighted by atomic mass is 35.5. The van der Waals surface area contributed by atoms with Crippen LogP contribution in [-0.4, -0.2) is 43.2 Å². The van der Waals surface area contributed by atoms with E-state index in [1.807, 2.05) is 30.3 Å². The maximum absolute atomic E-state index is 5.87. The highest BCUT2D eigenvalue weighted by molar-refractivity contribution is 6.29. The lowest BCUT2D eigenvalue weighted by atomic mass is 9.94. The number of aromatic nitrogens is 2. The summed E-state index contributed by atoms with van der Waals surface area (Å²) in [6.45, 7) is 2.72. The predicted octanol–water partition coefficient (Wildman–Crippen LogP) is 3.80. The largest absolute Gasteiger partial charge is 0.494 e. The molecule has 6 nitrogen and oxygen atoms in total. The molecule has 2 heterocycles. The van der Waals surface area contributed by atoms with Gasteiger partial charge in [-0.25, -0.2) is 0 Å². The minimum absolute atomic E-state index is 0.430. The Morgan fingerprint density at radius 3 is 2.58 bits per heavy atom. The van der Waals surface area contributed by atoms with Crippen molar-refractivity contribution in [2.45, 2.75) is 19.3 Å². The van der Waals surface area contributed by atoms with Gasteiger partial charge in [-0.3, -0.25) is 0 Å². The van der Waals surface area contributed by atoms with E-state index in [1.165, 1.54) is 7.11 Å². The number of hydrogen-bond acceptors (Lipinski definition) is 6. The molecule has 0 bridgehead atoms. The maximum Gasteiger partial charge on any atom is 0.151 e. The highest BCUT2D eigenvalue weighted by Crippen LogP contribution is 2.24. The summed E-state index contributed by atoms with van der Waals surface area (Å²) in [6, 6.07) is 11.6. The standard InChI is InChI=1S/C19H23ClN4O2/c1-25-21-14-16-2-4-17(5-3-16)26-13-10-15-8-11-24(12-9-15)19-7-6-18(20)22-23-19/h2-7,14-15H,8-13H2,1H3. The normalized spacial score (nSPS) is 15.4. The fraction of sp³-hybridized carbons (Fsp3) is 0.421. The van der Waals surface area contributed by atoms with E-state index < -0.39 is 0 Å². The summed E-state index contributed by atoms with van der Waals surface area (Å²) in [6.07, 6.45) is 5.01. The molecule has 1 aliphatic heterocycles. The molecule has 0 saturated carbocycles. The van der Waals surface area contributed by atoms with Crippen LogP contribution in [0, 0.1) is 5.92 Å². The number of ether oxygens (including phenoxy) is 1. The van der Waals surface area contributed by atoms with Gasteiger partial charge in [-0.1, -0.05) is 16.8 Å². The average Bonchev–Trinajstić information content (AvgIpc) is 2.69. The lowest BCUT2D eigenvalue weighted by Crippen LogP contribution is -2.34. The zero-order valence-corrected chi connectivity index (χ0v) is 15.6. The van der Waals surface area contributed by atoms with E-state index >= 15 is 0 Å². The summed E-state index contributed by atoms with van der Waals surface area (Å²) in [5, 5.41) is 12.2. The quantitative estimate of drug-likeness (QED) is 0.545. The number of piperidine rings is 1. The third-order valence-corrected chi connectivity index (χ3v) is 4.74. The molecule has 26 heavy (non-hydrogen) atoms. The number of rotatable bonds is 7. The third-order valence-electron chi connectivity index (χ3n) is 4.54. The molecule has 0 unspecified atom stereocenters. The molecular formula is C19H23ClN4O2. The van der Waals surface area contributed by atoms with Gasteiger partial charge in [0.15, 0.2) is 11.0 Å². The summed E-state index contributed by atoms with van der Waals surface area (Å²) in [5.41, 5.74) is 0.983. The number of hydrogen-bond donors (Lipinski definition) is 0. The zero-order chi connectivity index (χ0) is 18.2. The fourth-order valence-corrected chi connectivity index (χ4v) is 3.14. The van der Waals surface area contributed by atoms with E-state index in [0.717, 1.165) is 56.1 Å². The second kappa shape index (κ2) is 9.38. The van der Waals surface area contributed by atoms with Crippen molar-refractivity contribution in [1.82, 2.24) is 10.2 Å². The Labute approximate surface area is 158 Å². The molecule has 2 aromatic rings. The monoisotopic (exact) mass is 374 g/mol. The van der Waals surface area contributed by atoms with Crippen LogP contribution in [0.2, 0.25) is 5.15 Å². The van der Waals surface area contributed by atoms with Crippen molar-refractivity contribution in [1.29, 1.82) is 0 Å². The number of anilines is 1. The van der Waals surface area contributed by atoms with Crippen LogP contribution in [0.15, 0.2) is 41.6 Å². The SMILES string of the molecule is CON=Cc1ccc(OCCC2CCN(c3ccc(Cl)nn3)CC2)cc1. The van der Waals surface area contributed by atoms with Crippen LogP contribution >= 0.6 is 11.6 Å². The number of oxime groups is 1. The van der Waals surface area contributed by atoms with Crippen LogP contribution in [0.1, 0.15) is 24.8 Å². The topological polar surface area (TPSA) is 59.8 Å². The summed E-state index contributed by atoms with van der Waals surface area (Å²) in [7, 11) is 1.53. The zero-order valence-electron chi connectivity index (χ0n) is 14.8. The second-order valence-electron chi connectivity index (χ2n) is 6.27. The molecule has 0 atom stereocenters. The Morgan fingerprint density at radius 2 is 1.92 bits per heavy atom. The fourth-order valence-electron chi connectivity index (χ4n) is 3.04. The van der Waals surface area contributed by atoms with Gasteiger partial charge < -0.3 is 14.5 Å². The molecule has 0 aliphatic carbocycles. The van der Waals surface area contributed by atoms with E-state index in [4.69, 9.17) is 16.3 Å². The van der Waals surface area contributed by atoms with Gasteiger partial charge in [-0.15, -0.1) is 10.2 Å². The minimum Gasteiger partial charge on any atom is -0.494 e. The van der Waals surface area contributed by atoms with Crippen molar-refractivity contribution in [3.63, 3.8) is 0 Å². The third kappa shape index (κ3) is 5.33. The minimum atomic E-state index is 0.430. The predicted molar refractivity (Wildman–Crippen MR) is 103 cm³/mol. The molecule has 0 radical (unpaired) electrons. The first kappa shape index (κ1) is 18.5. The second-order valence-corrected chi connectivity index (χ2v) is 6.66. The lowest BCUT2D eigenvalue weighted by molar-refractivity contribution is 0.215. The van der Waals surface area contributed by atoms with Gasteiger partial charge >= 0.3 is 0 Å². The van der Waals surface area contributed by atoms with Gasteiger partial charge in [0, 0.05) is 13.1 Å². The number of nitrogens with zero attached hydrogens (tertiary/aromatic N) is 4. The molecular weight excluding hydrogens is 352 g/mol. The Morgan fingerprint density at radius 1 is 1.15 bits per heavy atom. The van der Waals surface area contributed by atoms with E-state index in [1.54, 1.807) is 12.3 Å². The summed E-state index contributed by atoms with van der Waals surface area (Å²) < 4.78 is 5.87. The molecule has 1 aliphatic rings. The molecule has 1 saturated heterocycles. The molecule has 1 fully saturated rings. The first-order chi connectivity index (χ1) is 12.7. The molecule has 7 heteroatoms. The van der Waals surface area contributed by atoms with Gasteiger partial charge in [0.05, 0.1) is 12.8 Å². The van der Waals surface area contributed by atoms with Crippen LogP contribution in [0.5, 0.6) is 5.75 Å². The summed E-state index contributed by atoms with van der Waals surface area (Å²) >= 11 is 5.79. The smallest absolute Gasteiger partial charge is 0.151 e. The van der Waals surface area contributed by atoms with Crippen LogP contribution in [0.4, 0.5) is 5.82 Å². The maximum atomic E-state index is 5.87. The highest BCUT2D eigenvalue weighted by Gasteiger charge is 2.20. The van der Waals surface area contributed by atoms with Crippen molar-refractivity contribution in [2.24, 2.45) is 11.1 Å². The molecule has 0 amide bonds. The van der Waals surface area contributed by atoms with Crippen LogP contribution in [-0.2, 0) is 4.84 Å². The first-order valence-electron chi connectivity index (χ1n) is 8.78. The van der Waals surface area contributed by atoms with Gasteiger partial charge in [0.2, 0.25) is 0 Å². The van der Waals surface area contributed by atoms with Crippen molar-refractivity contribution in [3.8, 4) is 5.75 Å². The van der Waals surface area contributed by atoms with Crippen molar-refractivity contribution in [3.05, 3.63) is 47.1 Å². The van der Waals surface area contributed by atoms with Crippen molar-refractivity contribution >= 4 is 23.6 Å². The Hall–Kier alpha value is -2.34. The van der Waals surface area contributed by atoms with E-state index in [0.29, 0.717) is 11.1 Å². The van der Waals surface area contributed by atoms with Gasteiger partial charge in [-0.05, 0) is 67.1 Å². The number of halogens is 1. The van der Waals surface area contributed by atoms with Gasteiger partial charge in [-0.2, -0.15) is 0 Å². The molecule has 0 N–H and O–H groups in total. The van der Waals surface area contributed by atoms with E-state index in [-0.39, 0.29) is 0 Å².